The Balaban J connectivity index is 0.00000312. The molecule has 26 heavy (non-hydrogen) atoms. The Labute approximate surface area is 170 Å². The Morgan fingerprint density at radius 1 is 1.12 bits per heavy atom. The van der Waals surface area contributed by atoms with Crippen LogP contribution in [0.2, 0.25) is 5.02 Å². The number of carbonyl (C=O) groups is 2. The van der Waals surface area contributed by atoms with Crippen LogP contribution in [0.5, 0.6) is 0 Å². The highest BCUT2D eigenvalue weighted by molar-refractivity contribution is 6.30. The molecular formula is C16H25Cl3N4O3. The van der Waals surface area contributed by atoms with Gasteiger partial charge in [0.25, 0.3) is 0 Å². The van der Waals surface area contributed by atoms with Crippen molar-refractivity contribution >= 4 is 48.2 Å². The summed E-state index contributed by atoms with van der Waals surface area (Å²) in [7, 11) is 0. The lowest BCUT2D eigenvalue weighted by atomic mass is 10.0. The number of hydrogen-bond acceptors (Lipinski definition) is 5. The third kappa shape index (κ3) is 8.07. The van der Waals surface area contributed by atoms with Gasteiger partial charge in [0.2, 0.25) is 11.8 Å². The number of ether oxygens (including phenoxy) is 1. The van der Waals surface area contributed by atoms with Crippen molar-refractivity contribution in [2.75, 3.05) is 45.9 Å². The molecule has 1 aromatic rings. The lowest BCUT2D eigenvalue weighted by Gasteiger charge is -2.35. The van der Waals surface area contributed by atoms with Gasteiger partial charge in [0, 0.05) is 24.7 Å². The van der Waals surface area contributed by atoms with Crippen molar-refractivity contribution in [3.05, 3.63) is 34.9 Å². The van der Waals surface area contributed by atoms with Gasteiger partial charge in [0.1, 0.15) is 0 Å². The van der Waals surface area contributed by atoms with Gasteiger partial charge in [-0.3, -0.25) is 14.5 Å². The predicted octanol–water partition coefficient (Wildman–Crippen LogP) is 0.748. The average Bonchev–Trinajstić information content (AvgIpc) is 2.62. The van der Waals surface area contributed by atoms with E-state index in [1.54, 1.807) is 0 Å². The first-order chi connectivity index (χ1) is 11.6. The summed E-state index contributed by atoms with van der Waals surface area (Å²) >= 11 is 5.96. The third-order valence-electron chi connectivity index (χ3n) is 3.87. The molecule has 7 nitrogen and oxygen atoms in total. The first-order valence-electron chi connectivity index (χ1n) is 7.91. The van der Waals surface area contributed by atoms with E-state index < -0.39 is 0 Å². The van der Waals surface area contributed by atoms with Crippen molar-refractivity contribution in [2.45, 2.75) is 6.04 Å². The number of amides is 2. The van der Waals surface area contributed by atoms with Crippen LogP contribution in [-0.2, 0) is 14.3 Å². The van der Waals surface area contributed by atoms with Crippen LogP contribution in [0, 0.1) is 0 Å². The molecule has 0 radical (unpaired) electrons. The van der Waals surface area contributed by atoms with E-state index in [4.69, 9.17) is 22.1 Å². The Morgan fingerprint density at radius 3 is 2.31 bits per heavy atom. The number of hydrogen-bond donors (Lipinski definition) is 3. The minimum absolute atomic E-state index is 0. The van der Waals surface area contributed by atoms with Gasteiger partial charge in [-0.1, -0.05) is 23.7 Å². The monoisotopic (exact) mass is 426 g/mol. The molecular weight excluding hydrogens is 403 g/mol. The van der Waals surface area contributed by atoms with Crippen LogP contribution < -0.4 is 16.4 Å². The number of nitrogens with one attached hydrogen (secondary N) is 2. The summed E-state index contributed by atoms with van der Waals surface area (Å²) in [5.41, 5.74) is 6.27. The van der Waals surface area contributed by atoms with Gasteiger partial charge in [-0.15, -0.1) is 24.8 Å². The van der Waals surface area contributed by atoms with Crippen molar-refractivity contribution in [2.24, 2.45) is 5.73 Å². The van der Waals surface area contributed by atoms with Crippen molar-refractivity contribution in [3.8, 4) is 0 Å². The maximum absolute atomic E-state index is 11.9. The van der Waals surface area contributed by atoms with Crippen molar-refractivity contribution < 1.29 is 14.3 Å². The second-order valence-electron chi connectivity index (χ2n) is 5.50. The standard InChI is InChI=1S/C16H23ClN4O3.2ClH/c17-13-3-1-12(2-4-13)14(21-5-7-24-8-6-21)10-19-16(23)11-20-15(22)9-18;;/h1-4,14H,5-11,18H2,(H,19,23)(H,20,22);2*1H. The van der Waals surface area contributed by atoms with Gasteiger partial charge in [0.15, 0.2) is 0 Å². The van der Waals surface area contributed by atoms with E-state index in [1.807, 2.05) is 24.3 Å². The van der Waals surface area contributed by atoms with Crippen LogP contribution >= 0.6 is 36.4 Å². The van der Waals surface area contributed by atoms with Crippen molar-refractivity contribution in [3.63, 3.8) is 0 Å². The fraction of sp³-hybridized carbons (Fsp3) is 0.500. The molecule has 1 fully saturated rings. The zero-order valence-corrected chi connectivity index (χ0v) is 16.7. The molecule has 1 atom stereocenters. The van der Waals surface area contributed by atoms with Crippen LogP contribution in [0.15, 0.2) is 24.3 Å². The van der Waals surface area contributed by atoms with Crippen LogP contribution in [0.4, 0.5) is 0 Å². The smallest absolute Gasteiger partial charge is 0.239 e. The van der Waals surface area contributed by atoms with E-state index in [9.17, 15) is 9.59 Å². The molecule has 4 N–H and O–H groups in total. The predicted molar refractivity (Wildman–Crippen MR) is 106 cm³/mol. The van der Waals surface area contributed by atoms with E-state index in [2.05, 4.69) is 15.5 Å². The molecule has 10 heteroatoms. The molecule has 1 saturated heterocycles. The molecule has 1 aromatic carbocycles. The van der Waals surface area contributed by atoms with Gasteiger partial charge >= 0.3 is 0 Å². The largest absolute Gasteiger partial charge is 0.379 e. The van der Waals surface area contributed by atoms with Crippen LogP contribution in [0.1, 0.15) is 11.6 Å². The quantitative estimate of drug-likeness (QED) is 0.597. The number of nitrogens with two attached hydrogens (primary N) is 1. The minimum atomic E-state index is -0.354. The first kappa shape index (κ1) is 24.9. The van der Waals surface area contributed by atoms with E-state index in [1.165, 1.54) is 0 Å². The van der Waals surface area contributed by atoms with Gasteiger partial charge in [-0.2, -0.15) is 0 Å². The fourth-order valence-corrected chi connectivity index (χ4v) is 2.68. The third-order valence-corrected chi connectivity index (χ3v) is 4.12. The summed E-state index contributed by atoms with van der Waals surface area (Å²) in [5, 5.41) is 5.99. The number of halogens is 3. The van der Waals surface area contributed by atoms with E-state index in [0.717, 1.165) is 18.7 Å². The minimum Gasteiger partial charge on any atom is -0.379 e. The summed E-state index contributed by atoms with van der Waals surface area (Å²) in [6.07, 6.45) is 0. The topological polar surface area (TPSA) is 96.7 Å². The summed E-state index contributed by atoms with van der Waals surface area (Å²) in [4.78, 5) is 25.3. The lowest BCUT2D eigenvalue weighted by molar-refractivity contribution is -0.125. The highest BCUT2D eigenvalue weighted by Gasteiger charge is 2.23. The number of morpholine rings is 1. The molecule has 0 spiro atoms. The molecule has 2 rings (SSSR count). The number of benzene rings is 1. The summed E-state index contributed by atoms with van der Waals surface area (Å²) in [5.74, 6) is -0.600. The molecule has 0 aromatic heterocycles. The second-order valence-corrected chi connectivity index (χ2v) is 5.94. The van der Waals surface area contributed by atoms with Crippen LogP contribution in [-0.4, -0.2) is 62.7 Å². The molecule has 0 bridgehead atoms. The number of nitrogens with zero attached hydrogens (tertiary/aromatic N) is 1. The van der Waals surface area contributed by atoms with Gasteiger partial charge in [-0.05, 0) is 17.7 Å². The van der Waals surface area contributed by atoms with E-state index in [-0.39, 0.29) is 55.8 Å². The Morgan fingerprint density at radius 2 is 1.73 bits per heavy atom. The molecule has 1 aliphatic heterocycles. The van der Waals surface area contributed by atoms with E-state index >= 15 is 0 Å². The molecule has 1 unspecified atom stereocenters. The second kappa shape index (κ2) is 13.1. The highest BCUT2D eigenvalue weighted by atomic mass is 35.5. The normalized spacial score (nSPS) is 15.2. The zero-order valence-electron chi connectivity index (χ0n) is 14.3. The maximum Gasteiger partial charge on any atom is 0.239 e. The van der Waals surface area contributed by atoms with E-state index in [0.29, 0.717) is 24.8 Å². The molecule has 0 aliphatic carbocycles. The molecule has 1 heterocycles. The Kier molecular flexibility index (Phi) is 12.6. The fourth-order valence-electron chi connectivity index (χ4n) is 2.56. The molecule has 0 saturated carbocycles. The molecule has 148 valence electrons. The summed E-state index contributed by atoms with van der Waals surface area (Å²) in [6.45, 7) is 3.18. The zero-order chi connectivity index (χ0) is 17.4. The Bertz CT molecular complexity index is 554. The van der Waals surface area contributed by atoms with Crippen LogP contribution in [0.25, 0.3) is 0 Å². The number of carbonyl (C=O) groups excluding carboxylic acids is 2. The van der Waals surface area contributed by atoms with Gasteiger partial charge in [-0.25, -0.2) is 0 Å². The molecule has 1 aliphatic rings. The van der Waals surface area contributed by atoms with Gasteiger partial charge < -0.3 is 21.1 Å². The SMILES string of the molecule is Cl.Cl.NCC(=O)NCC(=O)NCC(c1ccc(Cl)cc1)N1CCOCC1. The van der Waals surface area contributed by atoms with Crippen molar-refractivity contribution in [1.29, 1.82) is 0 Å². The lowest BCUT2D eigenvalue weighted by Crippen LogP contribution is -2.46. The number of rotatable bonds is 7. The average molecular weight is 428 g/mol. The Hall–Kier alpha value is -1.09. The summed E-state index contributed by atoms with van der Waals surface area (Å²) < 4.78 is 5.40. The first-order valence-corrected chi connectivity index (χ1v) is 8.28. The maximum atomic E-state index is 11.9. The summed E-state index contributed by atoms with van der Waals surface area (Å²) in [6, 6.07) is 7.64. The molecule has 2 amide bonds. The van der Waals surface area contributed by atoms with Crippen LogP contribution in [0.3, 0.4) is 0 Å². The van der Waals surface area contributed by atoms with Crippen molar-refractivity contribution in [1.82, 2.24) is 15.5 Å². The highest BCUT2D eigenvalue weighted by Crippen LogP contribution is 2.23. The van der Waals surface area contributed by atoms with Gasteiger partial charge in [0.05, 0.1) is 32.3 Å².